The van der Waals surface area contributed by atoms with Gasteiger partial charge in [-0.3, -0.25) is 4.72 Å². The van der Waals surface area contributed by atoms with E-state index in [1.807, 2.05) is 30.3 Å². The summed E-state index contributed by atoms with van der Waals surface area (Å²) in [6, 6.07) is 22.7. The first-order valence-electron chi connectivity index (χ1n) is 8.40. The second-order valence-electron chi connectivity index (χ2n) is 5.93. The van der Waals surface area contributed by atoms with Crippen molar-refractivity contribution in [1.82, 2.24) is 5.32 Å². The van der Waals surface area contributed by atoms with E-state index in [0.717, 1.165) is 5.56 Å². The summed E-state index contributed by atoms with van der Waals surface area (Å²) in [7, 11) is -3.69. The lowest BCUT2D eigenvalue weighted by Crippen LogP contribution is -2.27. The molecular weight excluding hydrogens is 414 g/mol. The molecule has 144 valence electrons. The Morgan fingerprint density at radius 3 is 2.11 bits per heavy atom. The summed E-state index contributed by atoms with van der Waals surface area (Å²) in [5.41, 5.74) is 2.25. The number of nitrogens with one attached hydrogen (secondary N) is 3. The Hall–Kier alpha value is -2.61. The van der Waals surface area contributed by atoms with Gasteiger partial charge in [-0.15, -0.1) is 0 Å². The molecule has 0 atom stereocenters. The van der Waals surface area contributed by atoms with Gasteiger partial charge >= 0.3 is 0 Å². The van der Waals surface area contributed by atoms with E-state index in [1.165, 1.54) is 12.1 Å². The average Bonchev–Trinajstić information content (AvgIpc) is 2.69. The zero-order valence-corrected chi connectivity index (χ0v) is 17.1. The van der Waals surface area contributed by atoms with Crippen LogP contribution in [0.25, 0.3) is 0 Å². The third-order valence-electron chi connectivity index (χ3n) is 3.81. The molecule has 0 bridgehead atoms. The monoisotopic (exact) mass is 431 g/mol. The lowest BCUT2D eigenvalue weighted by Gasteiger charge is -2.12. The molecule has 3 rings (SSSR count). The minimum absolute atomic E-state index is 0.149. The second kappa shape index (κ2) is 9.05. The van der Waals surface area contributed by atoms with Crippen LogP contribution >= 0.6 is 23.8 Å². The van der Waals surface area contributed by atoms with Gasteiger partial charge in [0.2, 0.25) is 0 Å². The van der Waals surface area contributed by atoms with Gasteiger partial charge in [0.15, 0.2) is 5.11 Å². The maximum absolute atomic E-state index is 12.5. The van der Waals surface area contributed by atoms with E-state index in [2.05, 4.69) is 15.4 Å². The summed E-state index contributed by atoms with van der Waals surface area (Å²) in [5, 5.41) is 7.14. The number of benzene rings is 3. The Bertz CT molecular complexity index is 1040. The van der Waals surface area contributed by atoms with Crippen LogP contribution < -0.4 is 15.4 Å². The second-order valence-corrected chi connectivity index (χ2v) is 8.46. The van der Waals surface area contributed by atoms with Crippen LogP contribution in [0.4, 0.5) is 11.4 Å². The maximum Gasteiger partial charge on any atom is 0.261 e. The van der Waals surface area contributed by atoms with E-state index in [4.69, 9.17) is 23.8 Å². The Kier molecular flexibility index (Phi) is 6.51. The molecular formula is C20H18ClN3O2S2. The van der Waals surface area contributed by atoms with Crippen molar-refractivity contribution in [2.75, 3.05) is 10.0 Å². The molecule has 0 aliphatic heterocycles. The standard InChI is InChI=1S/C20H18ClN3O2S2/c21-16-6-8-18(9-7-16)24-28(25,26)19-12-10-17(11-13-19)23-20(27)22-14-15-4-2-1-3-5-15/h1-13,24H,14H2,(H2,22,23,27). The molecule has 0 unspecified atom stereocenters. The minimum atomic E-state index is -3.69. The van der Waals surface area contributed by atoms with Crippen LogP contribution in [0.2, 0.25) is 5.02 Å². The first kappa shape index (κ1) is 20.1. The van der Waals surface area contributed by atoms with Crippen molar-refractivity contribution in [3.8, 4) is 0 Å². The highest BCUT2D eigenvalue weighted by Crippen LogP contribution is 2.20. The van der Waals surface area contributed by atoms with Crippen LogP contribution in [0.3, 0.4) is 0 Å². The molecule has 8 heteroatoms. The highest BCUT2D eigenvalue weighted by atomic mass is 35.5. The van der Waals surface area contributed by atoms with Crippen LogP contribution in [0.5, 0.6) is 0 Å². The predicted molar refractivity (Wildman–Crippen MR) is 118 cm³/mol. The first-order valence-corrected chi connectivity index (χ1v) is 10.7. The molecule has 0 spiro atoms. The van der Waals surface area contributed by atoms with Gasteiger partial charge in [-0.05, 0) is 66.3 Å². The molecule has 28 heavy (non-hydrogen) atoms. The molecule has 3 aromatic rings. The Labute approximate surface area is 174 Å². The van der Waals surface area contributed by atoms with Gasteiger partial charge in [-0.25, -0.2) is 8.42 Å². The average molecular weight is 432 g/mol. The summed E-state index contributed by atoms with van der Waals surface area (Å²) in [6.07, 6.45) is 0. The van der Waals surface area contributed by atoms with E-state index >= 15 is 0 Å². The van der Waals surface area contributed by atoms with Crippen molar-refractivity contribution in [2.45, 2.75) is 11.4 Å². The molecule has 0 radical (unpaired) electrons. The molecule has 0 saturated heterocycles. The van der Waals surface area contributed by atoms with Crippen molar-refractivity contribution in [2.24, 2.45) is 0 Å². The third kappa shape index (κ3) is 5.69. The fourth-order valence-corrected chi connectivity index (χ4v) is 3.78. The normalized spacial score (nSPS) is 10.9. The number of hydrogen-bond donors (Lipinski definition) is 3. The highest BCUT2D eigenvalue weighted by molar-refractivity contribution is 7.92. The molecule has 3 N–H and O–H groups in total. The summed E-state index contributed by atoms with van der Waals surface area (Å²) in [4.78, 5) is 0.149. The molecule has 0 aliphatic carbocycles. The van der Waals surface area contributed by atoms with Crippen molar-refractivity contribution >= 4 is 50.3 Å². The Balaban J connectivity index is 1.59. The zero-order valence-electron chi connectivity index (χ0n) is 14.7. The number of sulfonamides is 1. The number of hydrogen-bond acceptors (Lipinski definition) is 3. The van der Waals surface area contributed by atoms with Crippen molar-refractivity contribution < 1.29 is 8.42 Å². The summed E-state index contributed by atoms with van der Waals surface area (Å²) >= 11 is 11.1. The first-order chi connectivity index (χ1) is 13.4. The molecule has 0 heterocycles. The zero-order chi connectivity index (χ0) is 20.0. The van der Waals surface area contributed by atoms with Crippen LogP contribution in [-0.4, -0.2) is 13.5 Å². The van der Waals surface area contributed by atoms with Gasteiger partial charge in [-0.1, -0.05) is 41.9 Å². The van der Waals surface area contributed by atoms with E-state index in [-0.39, 0.29) is 4.90 Å². The van der Waals surface area contributed by atoms with Gasteiger partial charge in [0, 0.05) is 22.9 Å². The van der Waals surface area contributed by atoms with Crippen molar-refractivity contribution in [3.63, 3.8) is 0 Å². The third-order valence-corrected chi connectivity index (χ3v) is 5.71. The summed E-state index contributed by atoms with van der Waals surface area (Å²) in [5.74, 6) is 0. The fraction of sp³-hybridized carbons (Fsp3) is 0.0500. The maximum atomic E-state index is 12.5. The fourth-order valence-electron chi connectivity index (χ4n) is 2.40. The van der Waals surface area contributed by atoms with Crippen LogP contribution in [0.15, 0.2) is 83.8 Å². The molecule has 3 aromatic carbocycles. The van der Waals surface area contributed by atoms with Gasteiger partial charge in [-0.2, -0.15) is 0 Å². The molecule has 0 aliphatic rings. The molecule has 0 fully saturated rings. The van der Waals surface area contributed by atoms with Gasteiger partial charge in [0.25, 0.3) is 10.0 Å². The summed E-state index contributed by atoms with van der Waals surface area (Å²) in [6.45, 7) is 0.601. The number of anilines is 2. The lowest BCUT2D eigenvalue weighted by molar-refractivity contribution is 0.601. The lowest BCUT2D eigenvalue weighted by atomic mass is 10.2. The predicted octanol–water partition coefficient (Wildman–Crippen LogP) is 4.63. The largest absolute Gasteiger partial charge is 0.358 e. The highest BCUT2D eigenvalue weighted by Gasteiger charge is 2.14. The Morgan fingerprint density at radius 1 is 0.857 bits per heavy atom. The van der Waals surface area contributed by atoms with Gasteiger partial charge < -0.3 is 10.6 Å². The van der Waals surface area contributed by atoms with Gasteiger partial charge in [0.1, 0.15) is 0 Å². The van der Waals surface area contributed by atoms with Crippen LogP contribution in [0.1, 0.15) is 5.56 Å². The SMILES string of the molecule is O=S(=O)(Nc1ccc(Cl)cc1)c1ccc(NC(=S)NCc2ccccc2)cc1. The van der Waals surface area contributed by atoms with E-state index in [0.29, 0.717) is 28.1 Å². The van der Waals surface area contributed by atoms with Crippen LogP contribution in [0, 0.1) is 0 Å². The molecule has 0 amide bonds. The molecule has 5 nitrogen and oxygen atoms in total. The Morgan fingerprint density at radius 2 is 1.46 bits per heavy atom. The van der Waals surface area contributed by atoms with Crippen molar-refractivity contribution in [1.29, 1.82) is 0 Å². The number of thiocarbonyl (C=S) groups is 1. The molecule has 0 saturated carbocycles. The quantitative estimate of drug-likeness (QED) is 0.496. The van der Waals surface area contributed by atoms with Crippen LogP contribution in [-0.2, 0) is 16.6 Å². The summed E-state index contributed by atoms with van der Waals surface area (Å²) < 4.78 is 27.5. The minimum Gasteiger partial charge on any atom is -0.358 e. The van der Waals surface area contributed by atoms with E-state index < -0.39 is 10.0 Å². The van der Waals surface area contributed by atoms with E-state index in [1.54, 1.807) is 36.4 Å². The van der Waals surface area contributed by atoms with E-state index in [9.17, 15) is 8.42 Å². The smallest absolute Gasteiger partial charge is 0.261 e. The van der Waals surface area contributed by atoms with Crippen molar-refractivity contribution in [3.05, 3.63) is 89.4 Å². The number of rotatable bonds is 6. The number of halogens is 1. The molecule has 0 aromatic heterocycles. The topological polar surface area (TPSA) is 70.2 Å². The van der Waals surface area contributed by atoms with Gasteiger partial charge in [0.05, 0.1) is 4.90 Å².